The molecule has 1 atom stereocenters. The minimum Gasteiger partial charge on any atom is -0.344 e. The van der Waals surface area contributed by atoms with Crippen LogP contribution < -0.4 is 5.32 Å². The van der Waals surface area contributed by atoms with Crippen LogP contribution in [0.15, 0.2) is 29.2 Å². The Morgan fingerprint density at radius 2 is 1.76 bits per heavy atom. The van der Waals surface area contributed by atoms with Gasteiger partial charge in [-0.3, -0.25) is 14.4 Å². The summed E-state index contributed by atoms with van der Waals surface area (Å²) in [5.74, 6) is 0.0171. The molecule has 2 saturated heterocycles. The second kappa shape index (κ2) is 7.91. The molecular weight excluding hydrogens is 338 g/mol. The summed E-state index contributed by atoms with van der Waals surface area (Å²) in [5, 5.41) is 2.71. The monoisotopic (exact) mass is 361 g/mol. The molecule has 1 unspecified atom stereocenters. The van der Waals surface area contributed by atoms with E-state index in [1.807, 2.05) is 35.4 Å². The molecule has 1 N–H and O–H groups in total. The zero-order chi connectivity index (χ0) is 17.8. The molecule has 0 aliphatic carbocycles. The van der Waals surface area contributed by atoms with E-state index in [4.69, 9.17) is 0 Å². The third-order valence-electron chi connectivity index (χ3n) is 4.75. The Balaban J connectivity index is 1.48. The smallest absolute Gasteiger partial charge is 0.245 e. The molecule has 2 aliphatic heterocycles. The van der Waals surface area contributed by atoms with Crippen molar-refractivity contribution in [2.75, 3.05) is 32.4 Å². The Hall–Kier alpha value is -2.02. The highest BCUT2D eigenvalue weighted by atomic mass is 32.2. The van der Waals surface area contributed by atoms with Gasteiger partial charge in [-0.1, -0.05) is 12.1 Å². The molecule has 25 heavy (non-hydrogen) atoms. The predicted molar refractivity (Wildman–Crippen MR) is 96.3 cm³/mol. The van der Waals surface area contributed by atoms with Gasteiger partial charge >= 0.3 is 0 Å². The van der Waals surface area contributed by atoms with Gasteiger partial charge in [-0.15, -0.1) is 11.8 Å². The fourth-order valence-corrected chi connectivity index (χ4v) is 3.63. The van der Waals surface area contributed by atoms with E-state index in [1.54, 1.807) is 16.7 Å². The summed E-state index contributed by atoms with van der Waals surface area (Å²) in [6.07, 6.45) is 3.41. The van der Waals surface area contributed by atoms with Crippen LogP contribution in [0.4, 0.5) is 0 Å². The maximum absolute atomic E-state index is 12.5. The number of hydrogen-bond donors (Lipinski definition) is 1. The Morgan fingerprint density at radius 3 is 2.32 bits per heavy atom. The highest BCUT2D eigenvalue weighted by Crippen LogP contribution is 2.16. The van der Waals surface area contributed by atoms with Crippen LogP contribution in [-0.4, -0.2) is 66.0 Å². The third kappa shape index (κ3) is 4.34. The van der Waals surface area contributed by atoms with Gasteiger partial charge < -0.3 is 15.1 Å². The lowest BCUT2D eigenvalue weighted by Gasteiger charge is -2.36. The van der Waals surface area contributed by atoms with Crippen LogP contribution in [0.5, 0.6) is 0 Å². The highest BCUT2D eigenvalue weighted by Gasteiger charge is 2.32. The van der Waals surface area contributed by atoms with Crippen molar-refractivity contribution < 1.29 is 14.4 Å². The van der Waals surface area contributed by atoms with E-state index in [2.05, 4.69) is 5.32 Å². The number of amides is 3. The summed E-state index contributed by atoms with van der Waals surface area (Å²) < 4.78 is 0. The van der Waals surface area contributed by atoms with Crippen molar-refractivity contribution in [1.29, 1.82) is 0 Å². The van der Waals surface area contributed by atoms with E-state index in [-0.39, 0.29) is 23.8 Å². The lowest BCUT2D eigenvalue weighted by molar-refractivity contribution is -0.140. The van der Waals surface area contributed by atoms with Gasteiger partial charge in [0, 0.05) is 37.5 Å². The van der Waals surface area contributed by atoms with Crippen LogP contribution in [0, 0.1) is 0 Å². The topological polar surface area (TPSA) is 69.7 Å². The molecule has 2 heterocycles. The fourth-order valence-electron chi connectivity index (χ4n) is 3.23. The number of thioether (sulfide) groups is 1. The molecule has 2 aliphatic rings. The Bertz CT molecular complexity index is 654. The fraction of sp³-hybridized carbons (Fsp3) is 0.500. The summed E-state index contributed by atoms with van der Waals surface area (Å²) in [7, 11) is 0. The normalized spacial score (nSPS) is 20.5. The molecule has 1 aromatic carbocycles. The van der Waals surface area contributed by atoms with Crippen LogP contribution >= 0.6 is 11.8 Å². The van der Waals surface area contributed by atoms with Gasteiger partial charge in [0.05, 0.1) is 6.42 Å². The number of nitrogens with one attached hydrogen (secondary N) is 1. The van der Waals surface area contributed by atoms with Gasteiger partial charge in [0.15, 0.2) is 0 Å². The zero-order valence-corrected chi connectivity index (χ0v) is 15.2. The summed E-state index contributed by atoms with van der Waals surface area (Å²) >= 11 is 1.68. The van der Waals surface area contributed by atoms with Crippen LogP contribution in [0.25, 0.3) is 0 Å². The number of benzene rings is 1. The van der Waals surface area contributed by atoms with E-state index >= 15 is 0 Å². The molecule has 2 fully saturated rings. The standard InChI is InChI=1S/C18H23N3O3S/c1-25-14-4-2-13(3-5-14)12-17(23)20-8-10-21(11-9-20)18(24)15-6-7-16(22)19-15/h2-5,15H,6-12H2,1H3,(H,19,22). The lowest BCUT2D eigenvalue weighted by atomic mass is 10.1. The molecule has 0 saturated carbocycles. The van der Waals surface area contributed by atoms with E-state index in [9.17, 15) is 14.4 Å². The molecule has 7 heteroatoms. The molecule has 0 spiro atoms. The highest BCUT2D eigenvalue weighted by molar-refractivity contribution is 7.98. The molecular formula is C18H23N3O3S. The minimum atomic E-state index is -0.385. The SMILES string of the molecule is CSc1ccc(CC(=O)N2CCN(C(=O)C3CCC(=O)N3)CC2)cc1. The van der Waals surface area contributed by atoms with E-state index in [0.717, 1.165) is 5.56 Å². The van der Waals surface area contributed by atoms with Crippen LogP contribution in [0.1, 0.15) is 18.4 Å². The minimum absolute atomic E-state index is 0.0226. The van der Waals surface area contributed by atoms with Crippen LogP contribution in [0.3, 0.4) is 0 Å². The first-order valence-corrected chi connectivity index (χ1v) is 9.78. The zero-order valence-electron chi connectivity index (χ0n) is 14.4. The lowest BCUT2D eigenvalue weighted by Crippen LogP contribution is -2.54. The number of carbonyl (C=O) groups is 3. The maximum Gasteiger partial charge on any atom is 0.245 e. The number of piperazine rings is 1. The van der Waals surface area contributed by atoms with Crippen LogP contribution in [0.2, 0.25) is 0 Å². The summed E-state index contributed by atoms with van der Waals surface area (Å²) in [6, 6.07) is 7.66. The molecule has 1 aromatic rings. The first kappa shape index (κ1) is 17.8. The van der Waals surface area contributed by atoms with Crippen molar-refractivity contribution in [1.82, 2.24) is 15.1 Å². The average molecular weight is 361 g/mol. The molecule has 0 bridgehead atoms. The van der Waals surface area contributed by atoms with E-state index < -0.39 is 0 Å². The second-order valence-corrected chi connectivity index (χ2v) is 7.27. The first-order chi connectivity index (χ1) is 12.1. The predicted octanol–water partition coefficient (Wildman–Crippen LogP) is 0.900. The van der Waals surface area contributed by atoms with Gasteiger partial charge in [0.25, 0.3) is 0 Å². The van der Waals surface area contributed by atoms with Crippen molar-refractivity contribution in [3.8, 4) is 0 Å². The van der Waals surface area contributed by atoms with Crippen molar-refractivity contribution in [2.24, 2.45) is 0 Å². The Labute approximate surface area is 151 Å². The van der Waals surface area contributed by atoms with Crippen LogP contribution in [-0.2, 0) is 20.8 Å². The average Bonchev–Trinajstić information content (AvgIpc) is 3.08. The van der Waals surface area contributed by atoms with Gasteiger partial charge in [0.1, 0.15) is 6.04 Å². The quantitative estimate of drug-likeness (QED) is 0.809. The summed E-state index contributed by atoms with van der Waals surface area (Å²) in [6.45, 7) is 2.16. The molecule has 3 rings (SSSR count). The van der Waals surface area contributed by atoms with Crippen molar-refractivity contribution in [3.63, 3.8) is 0 Å². The second-order valence-electron chi connectivity index (χ2n) is 6.39. The van der Waals surface area contributed by atoms with Crippen molar-refractivity contribution in [3.05, 3.63) is 29.8 Å². The van der Waals surface area contributed by atoms with E-state index in [0.29, 0.717) is 45.4 Å². The van der Waals surface area contributed by atoms with Gasteiger partial charge in [-0.05, 0) is 30.4 Å². The number of nitrogens with zero attached hydrogens (tertiary/aromatic N) is 2. The van der Waals surface area contributed by atoms with Gasteiger partial charge in [-0.25, -0.2) is 0 Å². The van der Waals surface area contributed by atoms with E-state index in [1.165, 1.54) is 4.90 Å². The molecule has 134 valence electrons. The molecule has 0 aromatic heterocycles. The number of hydrogen-bond acceptors (Lipinski definition) is 4. The van der Waals surface area contributed by atoms with Crippen molar-refractivity contribution >= 4 is 29.5 Å². The van der Waals surface area contributed by atoms with Crippen molar-refractivity contribution in [2.45, 2.75) is 30.2 Å². The summed E-state index contributed by atoms with van der Waals surface area (Å²) in [5.41, 5.74) is 1.01. The Morgan fingerprint density at radius 1 is 1.12 bits per heavy atom. The maximum atomic E-state index is 12.5. The molecule has 0 radical (unpaired) electrons. The summed E-state index contributed by atoms with van der Waals surface area (Å²) in [4.78, 5) is 40.9. The first-order valence-electron chi connectivity index (χ1n) is 8.55. The number of carbonyl (C=O) groups excluding carboxylic acids is 3. The Kier molecular flexibility index (Phi) is 5.63. The third-order valence-corrected chi connectivity index (χ3v) is 5.50. The number of rotatable bonds is 4. The molecule has 6 nitrogen and oxygen atoms in total. The van der Waals surface area contributed by atoms with Gasteiger partial charge in [-0.2, -0.15) is 0 Å². The molecule has 3 amide bonds. The largest absolute Gasteiger partial charge is 0.344 e. The van der Waals surface area contributed by atoms with Gasteiger partial charge in [0.2, 0.25) is 17.7 Å².